The summed E-state index contributed by atoms with van der Waals surface area (Å²) in [5.41, 5.74) is 0.518. The fourth-order valence-corrected chi connectivity index (χ4v) is 1.65. The molecule has 0 spiro atoms. The maximum absolute atomic E-state index is 11.3. The highest BCUT2D eigenvalue weighted by Gasteiger charge is 2.30. The van der Waals surface area contributed by atoms with E-state index in [0.717, 1.165) is 0 Å². The Balaban J connectivity index is 3.10. The van der Waals surface area contributed by atoms with E-state index >= 15 is 0 Å². The SMILES string of the molecule is CCOC(=O)C(O)C(O)c1cc(C)ccc1C(=O)O. The first-order valence-electron chi connectivity index (χ1n) is 5.75. The molecule has 2 atom stereocenters. The number of ether oxygens (including phenoxy) is 1. The molecule has 1 aromatic carbocycles. The van der Waals surface area contributed by atoms with Crippen molar-refractivity contribution in [2.75, 3.05) is 6.61 Å². The average Bonchev–Trinajstić information content (AvgIpc) is 2.36. The van der Waals surface area contributed by atoms with Crippen LogP contribution in [0.25, 0.3) is 0 Å². The molecule has 0 fully saturated rings. The number of benzene rings is 1. The van der Waals surface area contributed by atoms with Crippen LogP contribution in [0.5, 0.6) is 0 Å². The fourth-order valence-electron chi connectivity index (χ4n) is 1.65. The molecule has 0 aliphatic rings. The summed E-state index contributed by atoms with van der Waals surface area (Å²) in [5, 5.41) is 28.6. The number of aliphatic hydroxyl groups excluding tert-OH is 2. The van der Waals surface area contributed by atoms with Crippen LogP contribution in [-0.4, -0.2) is 40.0 Å². The van der Waals surface area contributed by atoms with Gasteiger partial charge in [-0.3, -0.25) is 0 Å². The fraction of sp³-hybridized carbons (Fsp3) is 0.385. The van der Waals surface area contributed by atoms with Gasteiger partial charge in [0.2, 0.25) is 0 Å². The number of esters is 1. The number of carboxylic acid groups (broad SMARTS) is 1. The topological polar surface area (TPSA) is 104 Å². The van der Waals surface area contributed by atoms with Crippen molar-refractivity contribution in [1.82, 2.24) is 0 Å². The zero-order chi connectivity index (χ0) is 14.6. The highest BCUT2D eigenvalue weighted by Crippen LogP contribution is 2.23. The number of aliphatic hydroxyl groups is 2. The molecule has 0 saturated carbocycles. The van der Waals surface area contributed by atoms with Crippen LogP contribution in [0.3, 0.4) is 0 Å². The maximum Gasteiger partial charge on any atom is 0.338 e. The second kappa shape index (κ2) is 6.31. The summed E-state index contributed by atoms with van der Waals surface area (Å²) in [6.45, 7) is 3.33. The number of carbonyl (C=O) groups excluding carboxylic acids is 1. The van der Waals surface area contributed by atoms with Gasteiger partial charge in [-0.1, -0.05) is 17.7 Å². The Morgan fingerprint density at radius 1 is 1.32 bits per heavy atom. The van der Waals surface area contributed by atoms with Gasteiger partial charge in [0.25, 0.3) is 0 Å². The van der Waals surface area contributed by atoms with Gasteiger partial charge in [-0.15, -0.1) is 0 Å². The lowest BCUT2D eigenvalue weighted by Gasteiger charge is -2.18. The third-order valence-corrected chi connectivity index (χ3v) is 2.58. The quantitative estimate of drug-likeness (QED) is 0.677. The lowest BCUT2D eigenvalue weighted by Crippen LogP contribution is -2.30. The number of hydrogen-bond acceptors (Lipinski definition) is 5. The van der Waals surface area contributed by atoms with E-state index in [4.69, 9.17) is 5.11 Å². The third kappa shape index (κ3) is 3.52. The van der Waals surface area contributed by atoms with Gasteiger partial charge in [-0.2, -0.15) is 0 Å². The van der Waals surface area contributed by atoms with Crippen molar-refractivity contribution in [3.8, 4) is 0 Å². The summed E-state index contributed by atoms with van der Waals surface area (Å²) in [6, 6.07) is 4.29. The van der Waals surface area contributed by atoms with Crippen molar-refractivity contribution in [2.45, 2.75) is 26.1 Å². The van der Waals surface area contributed by atoms with Gasteiger partial charge in [0.05, 0.1) is 12.2 Å². The minimum Gasteiger partial charge on any atom is -0.478 e. The summed E-state index contributed by atoms with van der Waals surface area (Å²) in [5.74, 6) is -2.24. The van der Waals surface area contributed by atoms with Gasteiger partial charge >= 0.3 is 11.9 Å². The Bertz CT molecular complexity index is 482. The van der Waals surface area contributed by atoms with E-state index in [1.54, 1.807) is 19.9 Å². The molecular formula is C13H16O6. The molecule has 0 radical (unpaired) electrons. The van der Waals surface area contributed by atoms with Crippen molar-refractivity contribution < 1.29 is 29.6 Å². The monoisotopic (exact) mass is 268 g/mol. The minimum absolute atomic E-state index is 0.0203. The molecule has 19 heavy (non-hydrogen) atoms. The van der Waals surface area contributed by atoms with Crippen molar-refractivity contribution in [3.63, 3.8) is 0 Å². The Labute approximate surface area is 110 Å². The minimum atomic E-state index is -1.82. The van der Waals surface area contributed by atoms with E-state index in [1.165, 1.54) is 12.1 Å². The molecule has 2 unspecified atom stereocenters. The first-order valence-corrected chi connectivity index (χ1v) is 5.75. The molecule has 104 valence electrons. The number of carbonyl (C=O) groups is 2. The molecule has 0 bridgehead atoms. The molecule has 0 heterocycles. The van der Waals surface area contributed by atoms with Gasteiger partial charge in [0.15, 0.2) is 6.10 Å². The van der Waals surface area contributed by atoms with Crippen LogP contribution in [0.4, 0.5) is 0 Å². The maximum atomic E-state index is 11.3. The highest BCUT2D eigenvalue weighted by molar-refractivity contribution is 5.90. The van der Waals surface area contributed by atoms with E-state index < -0.39 is 24.1 Å². The van der Waals surface area contributed by atoms with Crippen LogP contribution in [0.15, 0.2) is 18.2 Å². The van der Waals surface area contributed by atoms with Crippen LogP contribution >= 0.6 is 0 Å². The Morgan fingerprint density at radius 3 is 2.47 bits per heavy atom. The molecule has 6 nitrogen and oxygen atoms in total. The number of carboxylic acids is 1. The van der Waals surface area contributed by atoms with E-state index in [1.807, 2.05) is 0 Å². The highest BCUT2D eigenvalue weighted by atomic mass is 16.5. The molecule has 6 heteroatoms. The zero-order valence-corrected chi connectivity index (χ0v) is 10.7. The molecule has 0 aromatic heterocycles. The van der Waals surface area contributed by atoms with Crippen LogP contribution in [0.1, 0.15) is 34.5 Å². The second-order valence-electron chi connectivity index (χ2n) is 4.04. The molecule has 3 N–H and O–H groups in total. The van der Waals surface area contributed by atoms with Gasteiger partial charge in [-0.25, -0.2) is 9.59 Å². The zero-order valence-electron chi connectivity index (χ0n) is 10.7. The molecule has 0 aliphatic heterocycles. The van der Waals surface area contributed by atoms with E-state index in [-0.39, 0.29) is 17.7 Å². The van der Waals surface area contributed by atoms with Crippen LogP contribution in [-0.2, 0) is 9.53 Å². The Kier molecular flexibility index (Phi) is 5.02. The van der Waals surface area contributed by atoms with E-state index in [0.29, 0.717) is 5.56 Å². The standard InChI is InChI=1S/C13H16O6/c1-3-19-13(18)11(15)10(14)9-6-7(2)4-5-8(9)12(16)17/h4-6,10-11,14-15H,3H2,1-2H3,(H,16,17). The summed E-state index contributed by atoms with van der Waals surface area (Å²) >= 11 is 0. The van der Waals surface area contributed by atoms with E-state index in [9.17, 15) is 19.8 Å². The van der Waals surface area contributed by atoms with Crippen LogP contribution in [0.2, 0.25) is 0 Å². The van der Waals surface area contributed by atoms with E-state index in [2.05, 4.69) is 4.74 Å². The Morgan fingerprint density at radius 2 is 1.95 bits per heavy atom. The second-order valence-corrected chi connectivity index (χ2v) is 4.04. The largest absolute Gasteiger partial charge is 0.478 e. The van der Waals surface area contributed by atoms with Crippen LogP contribution < -0.4 is 0 Å². The lowest BCUT2D eigenvalue weighted by atomic mass is 9.96. The van der Waals surface area contributed by atoms with Gasteiger partial charge < -0.3 is 20.1 Å². The first kappa shape index (κ1) is 15.1. The van der Waals surface area contributed by atoms with Crippen molar-refractivity contribution in [3.05, 3.63) is 34.9 Å². The normalized spacial score (nSPS) is 13.7. The molecular weight excluding hydrogens is 252 g/mol. The Hall–Kier alpha value is -1.92. The first-order chi connectivity index (χ1) is 8.88. The van der Waals surface area contributed by atoms with Gasteiger partial charge in [0.1, 0.15) is 6.10 Å². The van der Waals surface area contributed by atoms with Crippen molar-refractivity contribution in [2.24, 2.45) is 0 Å². The van der Waals surface area contributed by atoms with Gasteiger partial charge in [0, 0.05) is 0 Å². The average molecular weight is 268 g/mol. The third-order valence-electron chi connectivity index (χ3n) is 2.58. The number of aryl methyl sites for hydroxylation is 1. The summed E-state index contributed by atoms with van der Waals surface area (Å²) in [7, 11) is 0. The lowest BCUT2D eigenvalue weighted by molar-refractivity contribution is -0.159. The predicted octanol–water partition coefficient (Wildman–Crippen LogP) is 0.651. The van der Waals surface area contributed by atoms with Crippen molar-refractivity contribution >= 4 is 11.9 Å². The summed E-state index contributed by atoms with van der Waals surface area (Å²) in [6.07, 6.45) is -3.47. The molecule has 0 amide bonds. The molecule has 1 rings (SSSR count). The number of hydrogen-bond donors (Lipinski definition) is 3. The summed E-state index contributed by atoms with van der Waals surface area (Å²) < 4.78 is 4.58. The molecule has 0 aliphatic carbocycles. The number of aromatic carboxylic acids is 1. The van der Waals surface area contributed by atoms with Crippen molar-refractivity contribution in [1.29, 1.82) is 0 Å². The van der Waals surface area contributed by atoms with Crippen LogP contribution in [0, 0.1) is 6.92 Å². The predicted molar refractivity (Wildman–Crippen MR) is 65.7 cm³/mol. The molecule has 1 aromatic rings. The molecule has 0 saturated heterocycles. The van der Waals surface area contributed by atoms with Gasteiger partial charge in [-0.05, 0) is 25.5 Å². The summed E-state index contributed by atoms with van der Waals surface area (Å²) in [4.78, 5) is 22.4. The smallest absolute Gasteiger partial charge is 0.338 e. The number of rotatable bonds is 5.